The molecule has 44 heavy (non-hydrogen) atoms. The van der Waals surface area contributed by atoms with Crippen molar-refractivity contribution in [3.05, 3.63) is 64.9 Å². The Hall–Kier alpha value is -4.10. The van der Waals surface area contributed by atoms with E-state index in [-0.39, 0.29) is 41.4 Å². The van der Waals surface area contributed by atoms with Gasteiger partial charge in [0.1, 0.15) is 0 Å². The van der Waals surface area contributed by atoms with Crippen molar-refractivity contribution in [2.45, 2.75) is 31.6 Å². The van der Waals surface area contributed by atoms with Gasteiger partial charge in [0.2, 0.25) is 5.88 Å². The highest BCUT2D eigenvalue weighted by atomic mass is 35.5. The number of amides is 3. The minimum absolute atomic E-state index is 0.0433. The van der Waals surface area contributed by atoms with Gasteiger partial charge in [-0.3, -0.25) is 9.69 Å². The average Bonchev–Trinajstić information content (AvgIpc) is 3.64. The van der Waals surface area contributed by atoms with Crippen LogP contribution in [-0.2, 0) is 6.18 Å². The minimum Gasteiger partial charge on any atom is -0.477 e. The molecule has 0 saturated carbocycles. The largest absolute Gasteiger partial charge is 0.477 e. The fourth-order valence-corrected chi connectivity index (χ4v) is 6.16. The van der Waals surface area contributed by atoms with Crippen LogP contribution < -0.4 is 25.2 Å². The van der Waals surface area contributed by atoms with E-state index < -0.39 is 23.8 Å². The molecule has 3 aliphatic heterocycles. The standard InChI is InChI=1S/C30H31ClF3N7O3/c1-2-44-28-21(4-3-10-36-28)23-6-8-25(26(38-23)27(42)37-19-9-11-35-15-19)39-12-13-40-20(16-39)17-41(29(40)43)24-7-5-18(31)14-22(24)30(32,33)34/h3-8,10,14,19-20,35H,2,9,11-13,15-17H2,1H3,(H,37,42)/t19?,20-/m0/s1. The molecule has 2 N–H and O–H groups in total. The van der Waals surface area contributed by atoms with Gasteiger partial charge in [0.25, 0.3) is 5.91 Å². The number of hydrogen-bond acceptors (Lipinski definition) is 7. The van der Waals surface area contributed by atoms with E-state index in [9.17, 15) is 22.8 Å². The molecule has 3 amide bonds. The number of benzene rings is 1. The van der Waals surface area contributed by atoms with E-state index in [0.717, 1.165) is 23.9 Å². The quantitative estimate of drug-likeness (QED) is 0.399. The number of anilines is 2. The zero-order valence-corrected chi connectivity index (χ0v) is 24.7. The average molecular weight is 630 g/mol. The van der Waals surface area contributed by atoms with Crippen LogP contribution in [0.15, 0.2) is 48.7 Å². The molecule has 10 nitrogen and oxygen atoms in total. The van der Waals surface area contributed by atoms with Crippen LogP contribution in [0.4, 0.5) is 29.3 Å². The third-order valence-corrected chi connectivity index (χ3v) is 8.30. The van der Waals surface area contributed by atoms with Crippen LogP contribution in [0.25, 0.3) is 11.3 Å². The Balaban J connectivity index is 1.30. The van der Waals surface area contributed by atoms with Gasteiger partial charge in [-0.1, -0.05) is 11.6 Å². The number of halogens is 4. The summed E-state index contributed by atoms with van der Waals surface area (Å²) in [5.74, 6) is 0.0696. The van der Waals surface area contributed by atoms with Gasteiger partial charge in [-0.15, -0.1) is 0 Å². The van der Waals surface area contributed by atoms with E-state index in [1.807, 2.05) is 24.0 Å². The minimum atomic E-state index is -4.68. The van der Waals surface area contributed by atoms with Crippen LogP contribution in [0.3, 0.4) is 0 Å². The normalized spacial score (nSPS) is 20.2. The molecule has 0 radical (unpaired) electrons. The highest BCUT2D eigenvalue weighted by Crippen LogP contribution is 2.40. The van der Waals surface area contributed by atoms with Crippen LogP contribution in [0.2, 0.25) is 5.02 Å². The van der Waals surface area contributed by atoms with Crippen molar-refractivity contribution >= 4 is 34.9 Å². The summed E-state index contributed by atoms with van der Waals surface area (Å²) in [4.78, 5) is 40.8. The van der Waals surface area contributed by atoms with Gasteiger partial charge in [0.05, 0.1) is 40.8 Å². The molecule has 6 rings (SSSR count). The van der Waals surface area contributed by atoms with E-state index >= 15 is 0 Å². The van der Waals surface area contributed by atoms with Gasteiger partial charge in [0.15, 0.2) is 5.69 Å². The van der Waals surface area contributed by atoms with Gasteiger partial charge in [0, 0.05) is 50.0 Å². The molecule has 2 aromatic heterocycles. The van der Waals surface area contributed by atoms with Gasteiger partial charge in [-0.25, -0.2) is 14.8 Å². The second-order valence-corrected chi connectivity index (χ2v) is 11.3. The molecule has 0 spiro atoms. The summed E-state index contributed by atoms with van der Waals surface area (Å²) in [6.45, 7) is 4.71. The summed E-state index contributed by atoms with van der Waals surface area (Å²) in [6, 6.07) is 9.67. The summed E-state index contributed by atoms with van der Waals surface area (Å²) in [6.07, 6.45) is -2.27. The molecule has 1 aromatic carbocycles. The number of carbonyl (C=O) groups excluding carboxylic acids is 2. The Morgan fingerprint density at radius 1 is 1.16 bits per heavy atom. The molecular weight excluding hydrogens is 599 g/mol. The molecule has 3 aliphatic rings. The lowest BCUT2D eigenvalue weighted by Crippen LogP contribution is -2.52. The number of nitrogens with zero attached hydrogens (tertiary/aromatic N) is 5. The molecule has 232 valence electrons. The number of piperazine rings is 1. The zero-order valence-electron chi connectivity index (χ0n) is 23.9. The van der Waals surface area contributed by atoms with Gasteiger partial charge < -0.3 is 25.2 Å². The second-order valence-electron chi connectivity index (χ2n) is 10.9. The number of urea groups is 1. The van der Waals surface area contributed by atoms with E-state index in [1.54, 1.807) is 23.2 Å². The monoisotopic (exact) mass is 629 g/mol. The number of fused-ring (bicyclic) bond motifs is 1. The molecule has 3 saturated heterocycles. The van der Waals surface area contributed by atoms with Gasteiger partial charge in [-0.05, 0) is 62.4 Å². The fourth-order valence-electron chi connectivity index (χ4n) is 5.99. The number of ether oxygens (including phenoxy) is 1. The predicted octanol–water partition coefficient (Wildman–Crippen LogP) is 4.44. The molecule has 3 aromatic rings. The number of alkyl halides is 3. The summed E-state index contributed by atoms with van der Waals surface area (Å²) in [5.41, 5.74) is 0.758. The molecule has 0 aliphatic carbocycles. The lowest BCUT2D eigenvalue weighted by atomic mass is 10.1. The maximum atomic E-state index is 13.9. The van der Waals surface area contributed by atoms with E-state index in [2.05, 4.69) is 15.6 Å². The number of aromatic nitrogens is 2. The van der Waals surface area contributed by atoms with Crippen LogP contribution in [-0.4, -0.2) is 84.8 Å². The van der Waals surface area contributed by atoms with Crippen molar-refractivity contribution in [1.82, 2.24) is 25.5 Å². The molecule has 14 heteroatoms. The molecule has 1 unspecified atom stereocenters. The first-order valence-electron chi connectivity index (χ1n) is 14.4. The highest BCUT2D eigenvalue weighted by molar-refractivity contribution is 6.30. The van der Waals surface area contributed by atoms with E-state index in [4.69, 9.17) is 21.3 Å². The number of rotatable bonds is 7. The molecule has 5 heterocycles. The number of pyridine rings is 2. The highest BCUT2D eigenvalue weighted by Gasteiger charge is 2.45. The van der Waals surface area contributed by atoms with E-state index in [1.165, 1.54) is 12.1 Å². The summed E-state index contributed by atoms with van der Waals surface area (Å²) in [5, 5.41) is 6.25. The van der Waals surface area contributed by atoms with Crippen LogP contribution in [0.5, 0.6) is 5.88 Å². The van der Waals surface area contributed by atoms with Gasteiger partial charge in [-0.2, -0.15) is 13.2 Å². The topological polar surface area (TPSA) is 103 Å². The number of hydrogen-bond donors (Lipinski definition) is 2. The summed E-state index contributed by atoms with van der Waals surface area (Å²) >= 11 is 5.87. The number of nitrogens with one attached hydrogen (secondary N) is 2. The molecule has 0 bridgehead atoms. The Morgan fingerprint density at radius 2 is 1.98 bits per heavy atom. The number of carbonyl (C=O) groups is 2. The predicted molar refractivity (Wildman–Crippen MR) is 159 cm³/mol. The van der Waals surface area contributed by atoms with Crippen LogP contribution in [0, 0.1) is 0 Å². The Labute approximate surface area is 257 Å². The Morgan fingerprint density at radius 3 is 2.73 bits per heavy atom. The maximum absolute atomic E-state index is 13.9. The molecule has 2 atom stereocenters. The maximum Gasteiger partial charge on any atom is 0.418 e. The van der Waals surface area contributed by atoms with Crippen LogP contribution >= 0.6 is 11.6 Å². The lowest BCUT2D eigenvalue weighted by molar-refractivity contribution is -0.137. The van der Waals surface area contributed by atoms with Crippen molar-refractivity contribution < 1.29 is 27.5 Å². The van der Waals surface area contributed by atoms with E-state index in [0.29, 0.717) is 49.1 Å². The first-order valence-corrected chi connectivity index (χ1v) is 14.8. The zero-order chi connectivity index (χ0) is 31.0. The van der Waals surface area contributed by atoms with Crippen molar-refractivity contribution in [3.63, 3.8) is 0 Å². The second kappa shape index (κ2) is 12.1. The van der Waals surface area contributed by atoms with Crippen molar-refractivity contribution in [3.8, 4) is 17.1 Å². The smallest absolute Gasteiger partial charge is 0.418 e. The Bertz CT molecular complexity index is 1570. The lowest BCUT2D eigenvalue weighted by Gasteiger charge is -2.38. The third kappa shape index (κ3) is 5.85. The first kappa shape index (κ1) is 29.9. The van der Waals surface area contributed by atoms with Crippen molar-refractivity contribution in [2.75, 3.05) is 55.7 Å². The fraction of sp³-hybridized carbons (Fsp3) is 0.400. The van der Waals surface area contributed by atoms with Gasteiger partial charge >= 0.3 is 12.2 Å². The van der Waals surface area contributed by atoms with Crippen molar-refractivity contribution in [2.24, 2.45) is 0 Å². The molecular formula is C30H31ClF3N7O3. The third-order valence-electron chi connectivity index (χ3n) is 8.06. The van der Waals surface area contributed by atoms with Crippen molar-refractivity contribution in [1.29, 1.82) is 0 Å². The van der Waals surface area contributed by atoms with Crippen LogP contribution in [0.1, 0.15) is 29.4 Å². The Kier molecular flexibility index (Phi) is 8.25. The molecule has 3 fully saturated rings. The first-order chi connectivity index (χ1) is 21.1. The summed E-state index contributed by atoms with van der Waals surface area (Å²) < 4.78 is 47.3. The SMILES string of the molecule is CCOc1ncccc1-c1ccc(N2CCN3C(=O)N(c4ccc(Cl)cc4C(F)(F)F)C[C@@H]3C2)c(C(=O)NC2CCNC2)n1. The summed E-state index contributed by atoms with van der Waals surface area (Å²) in [7, 11) is 0.